The minimum Gasteiger partial charge on any atom is -0.497 e. The summed E-state index contributed by atoms with van der Waals surface area (Å²) >= 11 is 6.51. The van der Waals surface area contributed by atoms with Crippen LogP contribution >= 0.6 is 24.0 Å². The molecule has 1 fully saturated rings. The number of hydrazone groups is 1. The van der Waals surface area contributed by atoms with Gasteiger partial charge in [0.15, 0.2) is 4.32 Å². The van der Waals surface area contributed by atoms with Crippen LogP contribution in [0.3, 0.4) is 0 Å². The highest BCUT2D eigenvalue weighted by Gasteiger charge is 2.32. The van der Waals surface area contributed by atoms with Gasteiger partial charge in [0.05, 0.1) is 25.3 Å². The molecular weight excluding hydrogens is 368 g/mol. The van der Waals surface area contributed by atoms with Crippen molar-refractivity contribution in [2.45, 2.75) is 0 Å². The van der Waals surface area contributed by atoms with E-state index in [-0.39, 0.29) is 5.91 Å². The number of amides is 1. The van der Waals surface area contributed by atoms with Crippen molar-refractivity contribution in [3.63, 3.8) is 0 Å². The standard InChI is InChI=1S/C19H16N2O3S2/c1-23-15-9-7-13(8-10-15)12-20-21-18(22)17(26-19(21)25)11-14-5-3-4-6-16(14)24-2/h3-12H,1-2H3/b17-11+,20-12+. The molecule has 0 radical (unpaired) electrons. The summed E-state index contributed by atoms with van der Waals surface area (Å²) in [6.45, 7) is 0. The maximum atomic E-state index is 12.6. The number of hydrogen-bond donors (Lipinski definition) is 0. The number of hydrogen-bond acceptors (Lipinski definition) is 6. The van der Waals surface area contributed by atoms with Crippen LogP contribution in [0, 0.1) is 0 Å². The molecule has 0 bridgehead atoms. The maximum absolute atomic E-state index is 12.6. The Balaban J connectivity index is 1.80. The molecule has 0 unspecified atom stereocenters. The number of methoxy groups -OCH3 is 2. The fraction of sp³-hybridized carbons (Fsp3) is 0.105. The highest BCUT2D eigenvalue weighted by atomic mass is 32.2. The molecule has 0 saturated carbocycles. The predicted molar refractivity (Wildman–Crippen MR) is 109 cm³/mol. The van der Waals surface area contributed by atoms with E-state index in [1.165, 1.54) is 16.8 Å². The van der Waals surface area contributed by atoms with E-state index in [2.05, 4.69) is 5.10 Å². The van der Waals surface area contributed by atoms with Crippen LogP contribution in [0.1, 0.15) is 11.1 Å². The second-order valence-electron chi connectivity index (χ2n) is 5.25. The summed E-state index contributed by atoms with van der Waals surface area (Å²) in [5, 5.41) is 5.46. The number of rotatable bonds is 5. The molecule has 1 aliphatic rings. The monoisotopic (exact) mass is 384 g/mol. The molecule has 1 heterocycles. The van der Waals surface area contributed by atoms with Gasteiger partial charge in [0.25, 0.3) is 5.91 Å². The molecule has 3 rings (SSSR count). The summed E-state index contributed by atoms with van der Waals surface area (Å²) in [5.41, 5.74) is 1.66. The first-order valence-corrected chi connectivity index (χ1v) is 8.94. The van der Waals surface area contributed by atoms with Crippen molar-refractivity contribution in [2.24, 2.45) is 5.10 Å². The van der Waals surface area contributed by atoms with Crippen LogP contribution in [0.2, 0.25) is 0 Å². The Morgan fingerprint density at radius 3 is 2.50 bits per heavy atom. The van der Waals surface area contributed by atoms with E-state index < -0.39 is 0 Å². The van der Waals surface area contributed by atoms with Gasteiger partial charge in [0.1, 0.15) is 11.5 Å². The van der Waals surface area contributed by atoms with Crippen molar-refractivity contribution in [1.82, 2.24) is 5.01 Å². The highest BCUT2D eigenvalue weighted by Crippen LogP contribution is 2.34. The fourth-order valence-electron chi connectivity index (χ4n) is 2.30. The Hall–Kier alpha value is -2.64. The topological polar surface area (TPSA) is 51.1 Å². The molecular formula is C19H16N2O3S2. The van der Waals surface area contributed by atoms with E-state index in [4.69, 9.17) is 21.7 Å². The van der Waals surface area contributed by atoms with Crippen molar-refractivity contribution in [2.75, 3.05) is 14.2 Å². The molecule has 0 aromatic heterocycles. The number of para-hydroxylation sites is 1. The lowest BCUT2D eigenvalue weighted by Gasteiger charge is -2.06. The van der Waals surface area contributed by atoms with Crippen LogP contribution in [0.4, 0.5) is 0 Å². The van der Waals surface area contributed by atoms with Crippen LogP contribution in [0.15, 0.2) is 58.5 Å². The largest absolute Gasteiger partial charge is 0.497 e. The normalized spacial score (nSPS) is 15.9. The zero-order valence-corrected chi connectivity index (χ0v) is 15.8. The number of carbonyl (C=O) groups is 1. The van der Waals surface area contributed by atoms with Crippen molar-refractivity contribution >= 4 is 46.5 Å². The summed E-state index contributed by atoms with van der Waals surface area (Å²) in [4.78, 5) is 13.1. The first kappa shape index (κ1) is 18.2. The maximum Gasteiger partial charge on any atom is 0.286 e. The number of carbonyl (C=O) groups excluding carboxylic acids is 1. The van der Waals surface area contributed by atoms with Gasteiger partial charge in [-0.3, -0.25) is 4.79 Å². The van der Waals surface area contributed by atoms with Gasteiger partial charge in [0, 0.05) is 5.56 Å². The lowest BCUT2D eigenvalue weighted by molar-refractivity contribution is -0.122. The third-order valence-electron chi connectivity index (χ3n) is 3.64. The highest BCUT2D eigenvalue weighted by molar-refractivity contribution is 8.26. The van der Waals surface area contributed by atoms with Crippen molar-refractivity contribution in [1.29, 1.82) is 0 Å². The van der Waals surface area contributed by atoms with Gasteiger partial charge in [-0.1, -0.05) is 30.0 Å². The van der Waals surface area contributed by atoms with E-state index in [1.54, 1.807) is 26.5 Å². The van der Waals surface area contributed by atoms with E-state index >= 15 is 0 Å². The van der Waals surface area contributed by atoms with Crippen LogP contribution in [-0.4, -0.2) is 35.7 Å². The summed E-state index contributed by atoms with van der Waals surface area (Å²) in [6.07, 6.45) is 3.36. The Bertz CT molecular complexity index is 892. The second-order valence-corrected chi connectivity index (χ2v) is 6.93. The second kappa shape index (κ2) is 8.16. The first-order valence-electron chi connectivity index (χ1n) is 7.71. The summed E-state index contributed by atoms with van der Waals surface area (Å²) < 4.78 is 10.8. The van der Waals surface area contributed by atoms with Gasteiger partial charge in [-0.15, -0.1) is 0 Å². The molecule has 1 aliphatic heterocycles. The molecule has 132 valence electrons. The molecule has 1 amide bonds. The van der Waals surface area contributed by atoms with Gasteiger partial charge in [-0.25, -0.2) is 0 Å². The Labute approximate surface area is 161 Å². The van der Waals surface area contributed by atoms with E-state index in [1.807, 2.05) is 48.5 Å². The van der Waals surface area contributed by atoms with Gasteiger partial charge in [-0.05, 0) is 54.2 Å². The summed E-state index contributed by atoms with van der Waals surface area (Å²) in [6, 6.07) is 14.8. The molecule has 0 atom stereocenters. The average molecular weight is 384 g/mol. The number of benzene rings is 2. The van der Waals surface area contributed by atoms with Gasteiger partial charge >= 0.3 is 0 Å². The quantitative estimate of drug-likeness (QED) is 0.444. The molecule has 2 aromatic rings. The zero-order valence-electron chi connectivity index (χ0n) is 14.2. The molecule has 0 aliphatic carbocycles. The van der Waals surface area contributed by atoms with Crippen molar-refractivity contribution < 1.29 is 14.3 Å². The Morgan fingerprint density at radius 2 is 1.81 bits per heavy atom. The predicted octanol–water partition coefficient (Wildman–Crippen LogP) is 3.94. The zero-order chi connectivity index (χ0) is 18.5. The van der Waals surface area contributed by atoms with Crippen molar-refractivity contribution in [3.8, 4) is 11.5 Å². The van der Waals surface area contributed by atoms with Crippen LogP contribution < -0.4 is 9.47 Å². The molecule has 0 spiro atoms. The fourth-order valence-corrected chi connectivity index (χ4v) is 3.46. The smallest absolute Gasteiger partial charge is 0.286 e. The summed E-state index contributed by atoms with van der Waals surface area (Å²) in [5.74, 6) is 1.20. The Morgan fingerprint density at radius 1 is 1.08 bits per heavy atom. The van der Waals surface area contributed by atoms with Crippen molar-refractivity contribution in [3.05, 3.63) is 64.6 Å². The van der Waals surface area contributed by atoms with E-state index in [0.717, 1.165) is 16.9 Å². The van der Waals surface area contributed by atoms with E-state index in [0.29, 0.717) is 15.0 Å². The molecule has 2 aromatic carbocycles. The molecule has 5 nitrogen and oxygen atoms in total. The number of nitrogens with zero attached hydrogens (tertiary/aromatic N) is 2. The number of thiocarbonyl (C=S) groups is 1. The number of thioether (sulfide) groups is 1. The SMILES string of the molecule is COc1ccc(/C=N/N2C(=O)/C(=C\c3ccccc3OC)SC2=S)cc1. The Kier molecular flexibility index (Phi) is 5.70. The molecule has 1 saturated heterocycles. The van der Waals surface area contributed by atoms with Crippen LogP contribution in [0.5, 0.6) is 11.5 Å². The minimum atomic E-state index is -0.254. The van der Waals surface area contributed by atoms with E-state index in [9.17, 15) is 4.79 Å². The lowest BCUT2D eigenvalue weighted by atomic mass is 10.2. The third-order valence-corrected chi connectivity index (χ3v) is 4.92. The summed E-state index contributed by atoms with van der Waals surface area (Å²) in [7, 11) is 3.20. The van der Waals surface area contributed by atoms with Crippen LogP contribution in [-0.2, 0) is 4.79 Å². The number of ether oxygens (including phenoxy) is 2. The molecule has 0 N–H and O–H groups in total. The molecule has 7 heteroatoms. The van der Waals surface area contributed by atoms with Crippen LogP contribution in [0.25, 0.3) is 6.08 Å². The third kappa shape index (κ3) is 3.95. The lowest BCUT2D eigenvalue weighted by Crippen LogP contribution is -2.22. The van der Waals surface area contributed by atoms with Gasteiger partial charge < -0.3 is 9.47 Å². The average Bonchev–Trinajstić information content (AvgIpc) is 2.94. The van der Waals surface area contributed by atoms with Gasteiger partial charge in [-0.2, -0.15) is 10.1 Å². The first-order chi connectivity index (χ1) is 12.6. The van der Waals surface area contributed by atoms with Gasteiger partial charge in [0.2, 0.25) is 0 Å². The minimum absolute atomic E-state index is 0.254. The molecule has 26 heavy (non-hydrogen) atoms.